The van der Waals surface area contributed by atoms with Crippen molar-refractivity contribution < 1.29 is 57.9 Å². The number of ether oxygens (including phenoxy) is 5. The van der Waals surface area contributed by atoms with E-state index in [1.807, 2.05) is 58.1 Å². The van der Waals surface area contributed by atoms with Gasteiger partial charge in [-0.25, -0.2) is 4.79 Å². The zero-order chi connectivity index (χ0) is 50.6. The Balaban J connectivity index is 1.46. The molecule has 2 N–H and O–H groups in total. The van der Waals surface area contributed by atoms with E-state index in [9.17, 15) is 34.2 Å². The fourth-order valence-corrected chi connectivity index (χ4v) is 10.7. The van der Waals surface area contributed by atoms with Gasteiger partial charge in [-0.05, 0) is 112 Å². The van der Waals surface area contributed by atoms with Gasteiger partial charge in [0.15, 0.2) is 12.1 Å². The van der Waals surface area contributed by atoms with Crippen LogP contribution in [-0.4, -0.2) is 141 Å². The number of rotatable bonds is 7. The lowest BCUT2D eigenvalue weighted by Gasteiger charge is -2.42. The first-order chi connectivity index (χ1) is 32.8. The topological polar surface area (TPSA) is 219 Å². The molecular weight excluding hydrogens is 887 g/mol. The Morgan fingerprint density at radius 2 is 1.64 bits per heavy atom. The molecule has 5 rings (SSSR count). The number of ketones is 3. The lowest BCUT2D eigenvalue weighted by atomic mass is 9.77. The van der Waals surface area contributed by atoms with E-state index in [0.29, 0.717) is 56.9 Å². The van der Waals surface area contributed by atoms with Crippen LogP contribution < -0.4 is 0 Å². The summed E-state index contributed by atoms with van der Waals surface area (Å²) in [6.45, 7) is 12.8. The third kappa shape index (κ3) is 14.2. The average Bonchev–Trinajstić information content (AvgIpc) is 3.88. The van der Waals surface area contributed by atoms with Crippen LogP contribution in [0.25, 0.3) is 0 Å². The molecular formula is C52H79N5O12. The van der Waals surface area contributed by atoms with Crippen LogP contribution in [0.2, 0.25) is 0 Å². The summed E-state index contributed by atoms with van der Waals surface area (Å²) in [5, 5.41) is 35.7. The van der Waals surface area contributed by atoms with Crippen LogP contribution in [0.1, 0.15) is 132 Å². The summed E-state index contributed by atoms with van der Waals surface area (Å²) < 4.78 is 29.9. The number of carbonyl (C=O) groups excluding carboxylic acids is 5. The number of methoxy groups -OCH3 is 3. The molecule has 3 aliphatic heterocycles. The van der Waals surface area contributed by atoms with Gasteiger partial charge in [0.25, 0.3) is 11.7 Å². The van der Waals surface area contributed by atoms with Gasteiger partial charge >= 0.3 is 5.97 Å². The second-order valence-corrected chi connectivity index (χ2v) is 20.3. The van der Waals surface area contributed by atoms with Crippen molar-refractivity contribution in [2.24, 2.45) is 35.5 Å². The Bertz CT molecular complexity index is 2020. The van der Waals surface area contributed by atoms with Crippen molar-refractivity contribution >= 4 is 29.2 Å². The van der Waals surface area contributed by atoms with Crippen LogP contribution in [0.15, 0.2) is 53.9 Å². The lowest BCUT2D eigenvalue weighted by Crippen LogP contribution is -2.61. The Morgan fingerprint density at radius 3 is 2.32 bits per heavy atom. The predicted octanol–water partition coefficient (Wildman–Crippen LogP) is 6.05. The molecule has 69 heavy (non-hydrogen) atoms. The van der Waals surface area contributed by atoms with E-state index in [-0.39, 0.29) is 60.9 Å². The number of cyclic esters (lactones) is 1. The summed E-state index contributed by atoms with van der Waals surface area (Å²) in [6, 6.07) is -1.24. The van der Waals surface area contributed by atoms with Gasteiger partial charge in [0, 0.05) is 58.5 Å². The molecule has 4 heterocycles. The number of esters is 1. The van der Waals surface area contributed by atoms with Gasteiger partial charge in [0.2, 0.25) is 5.79 Å². The van der Waals surface area contributed by atoms with Crippen molar-refractivity contribution in [1.29, 1.82) is 0 Å². The SMILES string of the molecule is COC1C(=O)C(C)C[C@H](C)/C=C/C=C/C=C(\C)[C@@H](OC)CC2CC[C@@H](C)[C@@](O)(O2)C(=O)C(=O)N2CCCC[C@H]2C(=O)O[C@H]([C@H](C)C[C@@H]2CCC(n3ncnn3)[C@H](OC)C2)CC(=O)[C@H](C)/C=C(\C)[C@H]1O. The fourth-order valence-electron chi connectivity index (χ4n) is 10.7. The summed E-state index contributed by atoms with van der Waals surface area (Å²) in [6.07, 6.45) is 13.7. The van der Waals surface area contributed by atoms with Gasteiger partial charge in [0.1, 0.15) is 30.1 Å². The number of aliphatic hydroxyl groups is 2. The molecule has 17 heteroatoms. The van der Waals surface area contributed by atoms with Crippen molar-refractivity contribution in [3.8, 4) is 0 Å². The third-order valence-corrected chi connectivity index (χ3v) is 15.1. The monoisotopic (exact) mass is 966 g/mol. The number of carbonyl (C=O) groups is 5. The number of fused-ring (bicyclic) bond motifs is 3. The van der Waals surface area contributed by atoms with Crippen LogP contribution >= 0.6 is 0 Å². The molecule has 15 atom stereocenters. The van der Waals surface area contributed by atoms with E-state index >= 15 is 0 Å². The number of hydrogen-bond acceptors (Lipinski definition) is 15. The molecule has 384 valence electrons. The number of Topliss-reactive ketones (excluding diaryl/α,β-unsaturated/α-hetero) is 3. The van der Waals surface area contributed by atoms with Crippen LogP contribution in [0.5, 0.6) is 0 Å². The number of aromatic nitrogens is 4. The minimum absolute atomic E-state index is 0.0168. The van der Waals surface area contributed by atoms with Crippen LogP contribution in [0.3, 0.4) is 0 Å². The van der Waals surface area contributed by atoms with Gasteiger partial charge in [0.05, 0.1) is 24.4 Å². The maximum absolute atomic E-state index is 14.5. The molecule has 4 unspecified atom stereocenters. The van der Waals surface area contributed by atoms with Crippen molar-refractivity contribution in [2.45, 2.75) is 180 Å². The number of aliphatic hydroxyl groups excluding tert-OH is 1. The second-order valence-electron chi connectivity index (χ2n) is 20.3. The number of hydrogen-bond donors (Lipinski definition) is 2. The number of piperidine rings is 1. The van der Waals surface area contributed by atoms with Gasteiger partial charge in [-0.3, -0.25) is 19.2 Å². The molecule has 2 saturated heterocycles. The molecule has 3 fully saturated rings. The summed E-state index contributed by atoms with van der Waals surface area (Å²) in [7, 11) is 4.61. The van der Waals surface area contributed by atoms with Gasteiger partial charge in [-0.15, -0.1) is 10.2 Å². The first-order valence-electron chi connectivity index (χ1n) is 25.0. The fraction of sp³-hybridized carbons (Fsp3) is 0.731. The smallest absolute Gasteiger partial charge is 0.329 e. The Morgan fingerprint density at radius 1 is 0.884 bits per heavy atom. The Hall–Kier alpha value is -4.26. The molecule has 1 saturated carbocycles. The normalized spacial score (nSPS) is 38.8. The third-order valence-electron chi connectivity index (χ3n) is 15.1. The van der Waals surface area contributed by atoms with Crippen LogP contribution in [-0.2, 0) is 47.7 Å². The second kappa shape index (κ2) is 25.7. The largest absolute Gasteiger partial charge is 0.460 e. The van der Waals surface area contributed by atoms with Crippen molar-refractivity contribution in [2.75, 3.05) is 27.9 Å². The number of amides is 1. The zero-order valence-electron chi connectivity index (χ0n) is 42.5. The van der Waals surface area contributed by atoms with Crippen molar-refractivity contribution in [3.05, 3.63) is 53.9 Å². The molecule has 0 radical (unpaired) electrons. The maximum atomic E-state index is 14.5. The highest BCUT2D eigenvalue weighted by Gasteiger charge is 2.53. The summed E-state index contributed by atoms with van der Waals surface area (Å²) >= 11 is 0. The van der Waals surface area contributed by atoms with E-state index in [1.54, 1.807) is 45.9 Å². The van der Waals surface area contributed by atoms with Crippen LogP contribution in [0.4, 0.5) is 0 Å². The first kappa shape index (κ1) is 55.7. The molecule has 1 aliphatic carbocycles. The van der Waals surface area contributed by atoms with E-state index in [4.69, 9.17) is 23.7 Å². The number of tetrazole rings is 1. The molecule has 4 aliphatic rings. The highest BCUT2D eigenvalue weighted by Crippen LogP contribution is 2.39. The molecule has 0 aromatic carbocycles. The van der Waals surface area contributed by atoms with Crippen molar-refractivity contribution in [1.82, 2.24) is 25.1 Å². The molecule has 1 aromatic heterocycles. The Kier molecular flexibility index (Phi) is 20.8. The lowest BCUT2D eigenvalue weighted by molar-refractivity contribution is -0.265. The first-order valence-corrected chi connectivity index (χ1v) is 25.0. The molecule has 17 nitrogen and oxygen atoms in total. The number of nitrogens with zero attached hydrogens (tertiary/aromatic N) is 5. The average molecular weight is 966 g/mol. The highest BCUT2D eigenvalue weighted by atomic mass is 16.6. The number of allylic oxidation sites excluding steroid dienone is 6. The van der Waals surface area contributed by atoms with E-state index in [1.165, 1.54) is 18.3 Å². The minimum atomic E-state index is -2.43. The summed E-state index contributed by atoms with van der Waals surface area (Å²) in [5.74, 6) is -7.94. The van der Waals surface area contributed by atoms with E-state index < -0.39 is 77.8 Å². The maximum Gasteiger partial charge on any atom is 0.329 e. The molecule has 1 aromatic rings. The standard InChI is InChI=1S/C52H79N5O12/c1-31-16-12-11-13-17-32(2)43(65-8)28-39-21-19-37(7)52(64,69-39)49(61)50(62)56-23-15-14-18-41(56)51(63)68-44(34(4)26-38-20-22-40(45(27-38)66-9)57-54-30-53-55-57)29-42(58)33(3)25-36(6)47(60)48(67-10)46(59)35(5)24-31/h11-13,16-17,25,30-31,33-35,37-41,43-45,47-48,60,64H,14-15,18-24,26-29H2,1-10H3/b13-11+,16-12+,32-17+,36-25+/t31-,33-,34-,35?,37-,38+,39?,40?,41+,43+,44+,45-,47-,48?,52-/m1/s1. The molecule has 1 amide bonds. The highest BCUT2D eigenvalue weighted by molar-refractivity contribution is 6.39. The zero-order valence-corrected chi connectivity index (χ0v) is 42.5. The summed E-state index contributed by atoms with van der Waals surface area (Å²) in [5.41, 5.74) is 1.27. The quantitative estimate of drug-likeness (QED) is 0.181. The Labute approximate surface area is 408 Å². The van der Waals surface area contributed by atoms with E-state index in [2.05, 4.69) is 15.4 Å². The van der Waals surface area contributed by atoms with Crippen molar-refractivity contribution in [3.63, 3.8) is 0 Å². The van der Waals surface area contributed by atoms with Gasteiger partial charge in [-0.1, -0.05) is 71.1 Å². The van der Waals surface area contributed by atoms with Crippen LogP contribution in [0, 0.1) is 35.5 Å². The molecule has 2 bridgehead atoms. The van der Waals surface area contributed by atoms with Gasteiger partial charge < -0.3 is 38.8 Å². The minimum Gasteiger partial charge on any atom is -0.460 e. The molecule has 0 spiro atoms. The van der Waals surface area contributed by atoms with E-state index in [0.717, 1.165) is 18.4 Å². The predicted molar refractivity (Wildman–Crippen MR) is 256 cm³/mol. The summed E-state index contributed by atoms with van der Waals surface area (Å²) in [4.78, 5) is 73.9. The van der Waals surface area contributed by atoms with Gasteiger partial charge in [-0.2, -0.15) is 4.80 Å².